The molecule has 0 aliphatic carbocycles. The zero-order chi connectivity index (χ0) is 13.5. The van der Waals surface area contributed by atoms with Crippen LogP contribution in [-0.4, -0.2) is 61.2 Å². The molecule has 112 valence electrons. The molecule has 0 spiro atoms. The number of likely N-dealkylation sites (tertiary alicyclic amines) is 1. The first-order valence-corrected chi connectivity index (χ1v) is 8.53. The Morgan fingerprint density at radius 2 is 2.00 bits per heavy atom. The lowest BCUT2D eigenvalue weighted by Crippen LogP contribution is -2.44. The Bertz CT molecular complexity index is 238. The van der Waals surface area contributed by atoms with Gasteiger partial charge in [0, 0.05) is 18.6 Å². The van der Waals surface area contributed by atoms with Crippen LogP contribution in [0.5, 0.6) is 0 Å². The van der Waals surface area contributed by atoms with Crippen LogP contribution in [0.1, 0.15) is 52.4 Å². The Morgan fingerprint density at radius 3 is 2.68 bits per heavy atom. The molecule has 0 aromatic heterocycles. The third kappa shape index (κ3) is 4.73. The Labute approximate surface area is 119 Å². The first-order valence-electron chi connectivity index (χ1n) is 8.53. The third-order valence-corrected chi connectivity index (χ3v) is 4.88. The second kappa shape index (κ2) is 8.23. The number of rotatable bonds is 6. The maximum absolute atomic E-state index is 3.67. The zero-order valence-electron chi connectivity index (χ0n) is 13.0. The summed E-state index contributed by atoms with van der Waals surface area (Å²) < 4.78 is 0. The van der Waals surface area contributed by atoms with Crippen LogP contribution in [0.4, 0.5) is 0 Å². The normalized spacial score (nSPS) is 29.8. The molecule has 2 saturated heterocycles. The highest BCUT2D eigenvalue weighted by Gasteiger charge is 2.25. The van der Waals surface area contributed by atoms with Crippen molar-refractivity contribution in [1.82, 2.24) is 15.1 Å². The standard InChI is InChI=1S/C16H33N3/c1-3-11-19(14-15-7-5-10-17-15)16-8-6-12-18(4-2)13-9-16/h15-17H,3-14H2,1-2H3. The molecule has 2 aliphatic heterocycles. The van der Waals surface area contributed by atoms with Gasteiger partial charge in [0.1, 0.15) is 0 Å². The third-order valence-electron chi connectivity index (χ3n) is 4.88. The lowest BCUT2D eigenvalue weighted by atomic mass is 10.1. The summed E-state index contributed by atoms with van der Waals surface area (Å²) in [5.41, 5.74) is 0. The van der Waals surface area contributed by atoms with E-state index in [9.17, 15) is 0 Å². The molecule has 2 heterocycles. The molecule has 2 unspecified atom stereocenters. The lowest BCUT2D eigenvalue weighted by Gasteiger charge is -2.33. The van der Waals surface area contributed by atoms with Gasteiger partial charge in [-0.3, -0.25) is 4.90 Å². The van der Waals surface area contributed by atoms with Crippen molar-refractivity contribution >= 4 is 0 Å². The van der Waals surface area contributed by atoms with E-state index in [2.05, 4.69) is 29.0 Å². The molecule has 0 bridgehead atoms. The SMILES string of the molecule is CCCN(CC1CCCN1)C1CCCN(CC)CC1. The van der Waals surface area contributed by atoms with E-state index in [1.807, 2.05) is 0 Å². The van der Waals surface area contributed by atoms with Crippen molar-refractivity contribution in [2.24, 2.45) is 0 Å². The highest BCUT2D eigenvalue weighted by molar-refractivity contribution is 4.83. The molecule has 2 atom stereocenters. The average molecular weight is 267 g/mol. The summed E-state index contributed by atoms with van der Waals surface area (Å²) in [7, 11) is 0. The highest BCUT2D eigenvalue weighted by atomic mass is 15.2. The van der Waals surface area contributed by atoms with Crippen molar-refractivity contribution in [2.45, 2.75) is 64.5 Å². The van der Waals surface area contributed by atoms with Gasteiger partial charge in [0.15, 0.2) is 0 Å². The molecule has 0 aromatic rings. The van der Waals surface area contributed by atoms with Gasteiger partial charge < -0.3 is 10.2 Å². The first-order chi connectivity index (χ1) is 9.33. The summed E-state index contributed by atoms with van der Waals surface area (Å²) in [6, 6.07) is 1.59. The van der Waals surface area contributed by atoms with Crippen LogP contribution in [0.25, 0.3) is 0 Å². The van der Waals surface area contributed by atoms with Crippen molar-refractivity contribution in [1.29, 1.82) is 0 Å². The van der Waals surface area contributed by atoms with E-state index in [1.54, 1.807) is 0 Å². The zero-order valence-corrected chi connectivity index (χ0v) is 13.0. The monoisotopic (exact) mass is 267 g/mol. The quantitative estimate of drug-likeness (QED) is 0.797. The van der Waals surface area contributed by atoms with Crippen LogP contribution in [0.2, 0.25) is 0 Å². The van der Waals surface area contributed by atoms with Gasteiger partial charge in [-0.05, 0) is 71.2 Å². The van der Waals surface area contributed by atoms with Gasteiger partial charge >= 0.3 is 0 Å². The fraction of sp³-hybridized carbons (Fsp3) is 1.00. The Hall–Kier alpha value is -0.120. The van der Waals surface area contributed by atoms with Gasteiger partial charge in [0.2, 0.25) is 0 Å². The Balaban J connectivity index is 1.85. The van der Waals surface area contributed by atoms with Crippen molar-refractivity contribution in [2.75, 3.05) is 39.3 Å². The molecule has 0 saturated carbocycles. The maximum atomic E-state index is 3.67. The van der Waals surface area contributed by atoms with E-state index in [4.69, 9.17) is 0 Å². The van der Waals surface area contributed by atoms with Crippen molar-refractivity contribution in [3.05, 3.63) is 0 Å². The van der Waals surface area contributed by atoms with Crippen LogP contribution in [0, 0.1) is 0 Å². The summed E-state index contributed by atoms with van der Waals surface area (Å²) >= 11 is 0. The molecule has 0 radical (unpaired) electrons. The van der Waals surface area contributed by atoms with E-state index >= 15 is 0 Å². The molecule has 3 nitrogen and oxygen atoms in total. The van der Waals surface area contributed by atoms with E-state index in [-0.39, 0.29) is 0 Å². The summed E-state index contributed by atoms with van der Waals surface area (Å²) in [5, 5.41) is 3.67. The fourth-order valence-corrected chi connectivity index (χ4v) is 3.73. The highest BCUT2D eigenvalue weighted by Crippen LogP contribution is 2.19. The van der Waals surface area contributed by atoms with E-state index in [1.165, 1.54) is 77.8 Å². The number of nitrogens with one attached hydrogen (secondary N) is 1. The number of nitrogens with zero attached hydrogens (tertiary/aromatic N) is 2. The fourth-order valence-electron chi connectivity index (χ4n) is 3.73. The maximum Gasteiger partial charge on any atom is 0.0195 e. The molecule has 2 fully saturated rings. The number of hydrogen-bond acceptors (Lipinski definition) is 3. The van der Waals surface area contributed by atoms with Crippen LogP contribution in [0.15, 0.2) is 0 Å². The first kappa shape index (κ1) is 15.3. The predicted molar refractivity (Wildman–Crippen MR) is 82.6 cm³/mol. The Morgan fingerprint density at radius 1 is 1.11 bits per heavy atom. The van der Waals surface area contributed by atoms with Crippen molar-refractivity contribution in [3.63, 3.8) is 0 Å². The molecular weight excluding hydrogens is 234 g/mol. The lowest BCUT2D eigenvalue weighted by molar-refractivity contribution is 0.163. The Kier molecular flexibility index (Phi) is 6.62. The van der Waals surface area contributed by atoms with Crippen LogP contribution in [-0.2, 0) is 0 Å². The van der Waals surface area contributed by atoms with Crippen LogP contribution >= 0.6 is 0 Å². The molecular formula is C16H33N3. The minimum absolute atomic E-state index is 0.761. The van der Waals surface area contributed by atoms with Gasteiger partial charge in [-0.25, -0.2) is 0 Å². The number of hydrogen-bond donors (Lipinski definition) is 1. The van der Waals surface area contributed by atoms with E-state index in [0.29, 0.717) is 0 Å². The molecule has 1 N–H and O–H groups in total. The van der Waals surface area contributed by atoms with Gasteiger partial charge in [0.05, 0.1) is 0 Å². The predicted octanol–water partition coefficient (Wildman–Crippen LogP) is 2.32. The van der Waals surface area contributed by atoms with Gasteiger partial charge in [-0.15, -0.1) is 0 Å². The summed E-state index contributed by atoms with van der Waals surface area (Å²) in [4.78, 5) is 5.42. The smallest absolute Gasteiger partial charge is 0.0195 e. The summed E-state index contributed by atoms with van der Waals surface area (Å²) in [6.45, 7) is 12.3. The largest absolute Gasteiger partial charge is 0.313 e. The van der Waals surface area contributed by atoms with Crippen LogP contribution < -0.4 is 5.32 Å². The second-order valence-electron chi connectivity index (χ2n) is 6.31. The second-order valence-corrected chi connectivity index (χ2v) is 6.31. The van der Waals surface area contributed by atoms with E-state index in [0.717, 1.165) is 12.1 Å². The van der Waals surface area contributed by atoms with Crippen LogP contribution in [0.3, 0.4) is 0 Å². The molecule has 2 aliphatic rings. The minimum atomic E-state index is 0.761. The summed E-state index contributed by atoms with van der Waals surface area (Å²) in [5.74, 6) is 0. The molecule has 3 heteroatoms. The van der Waals surface area contributed by atoms with Crippen molar-refractivity contribution in [3.8, 4) is 0 Å². The minimum Gasteiger partial charge on any atom is -0.313 e. The molecule has 19 heavy (non-hydrogen) atoms. The average Bonchev–Trinajstić information content (AvgIpc) is 2.81. The van der Waals surface area contributed by atoms with Crippen molar-refractivity contribution < 1.29 is 0 Å². The topological polar surface area (TPSA) is 18.5 Å². The molecule has 2 rings (SSSR count). The molecule has 0 aromatic carbocycles. The van der Waals surface area contributed by atoms with Gasteiger partial charge in [0.25, 0.3) is 0 Å². The van der Waals surface area contributed by atoms with Gasteiger partial charge in [-0.2, -0.15) is 0 Å². The molecule has 0 amide bonds. The van der Waals surface area contributed by atoms with Gasteiger partial charge in [-0.1, -0.05) is 13.8 Å². The summed E-state index contributed by atoms with van der Waals surface area (Å²) in [6.07, 6.45) is 8.22. The van der Waals surface area contributed by atoms with E-state index < -0.39 is 0 Å².